The second kappa shape index (κ2) is 9.74. The lowest BCUT2D eigenvalue weighted by Crippen LogP contribution is -2.50. The van der Waals surface area contributed by atoms with E-state index in [0.717, 1.165) is 31.8 Å². The summed E-state index contributed by atoms with van der Waals surface area (Å²) in [5, 5.41) is 0.838. The maximum absolute atomic E-state index is 13.6. The van der Waals surface area contributed by atoms with Crippen molar-refractivity contribution in [1.82, 2.24) is 14.4 Å². The third kappa shape index (κ3) is 4.86. The first kappa shape index (κ1) is 24.0. The molecular weight excluding hydrogens is 574 g/mol. The summed E-state index contributed by atoms with van der Waals surface area (Å²) in [6, 6.07) is 12.0. The molecule has 0 N–H and O–H groups in total. The number of hydrogen-bond donors (Lipinski definition) is 0. The number of likely N-dealkylation sites (tertiary alicyclic amines) is 1. The maximum Gasteiger partial charge on any atom is 0.256 e. The molecule has 3 heterocycles. The molecule has 0 saturated carbocycles. The summed E-state index contributed by atoms with van der Waals surface area (Å²) in [4.78, 5) is 41.7. The van der Waals surface area contributed by atoms with Crippen molar-refractivity contribution in [2.45, 2.75) is 25.9 Å². The van der Waals surface area contributed by atoms with E-state index in [2.05, 4.69) is 50.6 Å². The van der Waals surface area contributed by atoms with E-state index >= 15 is 0 Å². The molecule has 2 aromatic carbocycles. The summed E-state index contributed by atoms with van der Waals surface area (Å²) in [5.74, 6) is 0.158. The van der Waals surface area contributed by atoms with E-state index in [9.17, 15) is 14.4 Å². The third-order valence-corrected chi connectivity index (χ3v) is 7.83. The molecule has 1 aromatic heterocycles. The van der Waals surface area contributed by atoms with Gasteiger partial charge in [0.15, 0.2) is 5.78 Å². The van der Waals surface area contributed by atoms with Gasteiger partial charge in [0, 0.05) is 64.6 Å². The Morgan fingerprint density at radius 2 is 1.74 bits per heavy atom. The summed E-state index contributed by atoms with van der Waals surface area (Å²) in [6.07, 6.45) is 4.36. The Morgan fingerprint density at radius 1 is 1.00 bits per heavy atom. The average Bonchev–Trinajstić information content (AvgIpc) is 3.16. The fraction of sp³-hybridized carbons (Fsp3) is 0.296. The summed E-state index contributed by atoms with van der Waals surface area (Å²) in [6.45, 7) is 6.12. The second-order valence-corrected chi connectivity index (χ2v) is 11.1. The van der Waals surface area contributed by atoms with E-state index in [4.69, 9.17) is 0 Å². The normalized spacial score (nSPS) is 15.6. The zero-order valence-corrected chi connectivity index (χ0v) is 22.3. The maximum atomic E-state index is 13.6. The average molecular weight is 599 g/mol. The molecule has 35 heavy (non-hydrogen) atoms. The van der Waals surface area contributed by atoms with Gasteiger partial charge < -0.3 is 14.4 Å². The van der Waals surface area contributed by atoms with Gasteiger partial charge in [-0.1, -0.05) is 44.5 Å². The zero-order valence-electron chi connectivity index (χ0n) is 19.2. The number of hydrogen-bond acceptors (Lipinski definition) is 3. The Kier molecular flexibility index (Phi) is 6.68. The number of benzene rings is 2. The summed E-state index contributed by atoms with van der Waals surface area (Å²) >= 11 is 7.05. The molecule has 2 aliphatic heterocycles. The van der Waals surface area contributed by atoms with Gasteiger partial charge in [0.25, 0.3) is 5.91 Å². The molecule has 2 amide bonds. The molecule has 0 aliphatic carbocycles. The van der Waals surface area contributed by atoms with Crippen molar-refractivity contribution in [3.8, 4) is 0 Å². The van der Waals surface area contributed by atoms with E-state index in [0.29, 0.717) is 38.2 Å². The van der Waals surface area contributed by atoms with Crippen LogP contribution in [-0.2, 0) is 29.1 Å². The van der Waals surface area contributed by atoms with Crippen molar-refractivity contribution < 1.29 is 14.4 Å². The number of aromatic nitrogens is 1. The standard InChI is InChI=1S/C27H25Br2N3O3/c1-2-26(34)32-12-17(13-32)9-22(33)15-31-16-24(23-11-21(29)5-6-25(23)31)27(35)30-8-7-18-10-20(28)4-3-19(18)14-30/h2-6,10-11,16-17H,1,7-9,12-15H2. The van der Waals surface area contributed by atoms with Crippen molar-refractivity contribution in [2.24, 2.45) is 5.92 Å². The third-order valence-electron chi connectivity index (χ3n) is 6.85. The summed E-state index contributed by atoms with van der Waals surface area (Å²) in [7, 11) is 0. The molecule has 1 saturated heterocycles. The van der Waals surface area contributed by atoms with Crippen molar-refractivity contribution in [2.75, 3.05) is 19.6 Å². The van der Waals surface area contributed by atoms with E-state index in [1.165, 1.54) is 11.6 Å². The van der Waals surface area contributed by atoms with Crippen molar-refractivity contribution in [3.05, 3.63) is 80.9 Å². The van der Waals surface area contributed by atoms with Crippen LogP contribution in [0.15, 0.2) is 64.2 Å². The highest BCUT2D eigenvalue weighted by Crippen LogP contribution is 2.30. The molecule has 180 valence electrons. The van der Waals surface area contributed by atoms with E-state index < -0.39 is 0 Å². The second-order valence-electron chi connectivity index (χ2n) is 9.28. The number of carbonyl (C=O) groups excluding carboxylic acids is 3. The van der Waals surface area contributed by atoms with Crippen LogP contribution in [0.25, 0.3) is 10.9 Å². The molecule has 0 bridgehead atoms. The van der Waals surface area contributed by atoms with E-state index in [-0.39, 0.29) is 30.1 Å². The fourth-order valence-corrected chi connectivity index (χ4v) is 5.79. The number of rotatable bonds is 6. The molecule has 0 unspecified atom stereocenters. The van der Waals surface area contributed by atoms with Crippen LogP contribution in [-0.4, -0.2) is 51.6 Å². The number of amides is 2. The molecule has 3 aromatic rings. The van der Waals surface area contributed by atoms with Crippen LogP contribution in [0.1, 0.15) is 27.9 Å². The quantitative estimate of drug-likeness (QED) is 0.377. The molecule has 0 atom stereocenters. The summed E-state index contributed by atoms with van der Waals surface area (Å²) in [5.41, 5.74) is 3.91. The lowest BCUT2D eigenvalue weighted by atomic mass is 9.94. The minimum atomic E-state index is -0.0909. The number of fused-ring (bicyclic) bond motifs is 2. The number of halogens is 2. The molecule has 2 aliphatic rings. The Labute approximate surface area is 220 Å². The van der Waals surface area contributed by atoms with Crippen LogP contribution in [0.4, 0.5) is 0 Å². The van der Waals surface area contributed by atoms with Crippen LogP contribution in [0, 0.1) is 5.92 Å². The predicted octanol–water partition coefficient (Wildman–Crippen LogP) is 4.97. The fourth-order valence-electron chi connectivity index (χ4n) is 5.02. The lowest BCUT2D eigenvalue weighted by Gasteiger charge is -2.38. The van der Waals surface area contributed by atoms with Crippen LogP contribution >= 0.6 is 31.9 Å². The molecule has 8 heteroatoms. The number of ketones is 1. The van der Waals surface area contributed by atoms with Gasteiger partial charge in [-0.2, -0.15) is 0 Å². The molecule has 1 fully saturated rings. The van der Waals surface area contributed by atoms with E-state index in [1.807, 2.05) is 39.9 Å². The first-order valence-corrected chi connectivity index (χ1v) is 13.2. The zero-order chi connectivity index (χ0) is 24.7. The highest BCUT2D eigenvalue weighted by atomic mass is 79.9. The largest absolute Gasteiger partial charge is 0.339 e. The van der Waals surface area contributed by atoms with Crippen molar-refractivity contribution in [3.63, 3.8) is 0 Å². The SMILES string of the molecule is C=CC(=O)N1CC(CC(=O)Cn2cc(C(=O)N3CCc4cc(Br)ccc4C3)c3cc(Br)ccc32)C1. The van der Waals surface area contributed by atoms with Crippen LogP contribution < -0.4 is 0 Å². The number of nitrogens with zero attached hydrogens (tertiary/aromatic N) is 3. The molecule has 6 nitrogen and oxygen atoms in total. The summed E-state index contributed by atoms with van der Waals surface area (Å²) < 4.78 is 3.83. The van der Waals surface area contributed by atoms with Gasteiger partial charge in [-0.15, -0.1) is 0 Å². The van der Waals surface area contributed by atoms with Crippen LogP contribution in [0.5, 0.6) is 0 Å². The smallest absolute Gasteiger partial charge is 0.256 e. The highest BCUT2D eigenvalue weighted by Gasteiger charge is 2.31. The predicted molar refractivity (Wildman–Crippen MR) is 142 cm³/mol. The Hall–Kier alpha value is -2.71. The number of Topliss-reactive ketones (excluding diaryl/α,β-unsaturated/α-hetero) is 1. The van der Waals surface area contributed by atoms with Crippen molar-refractivity contribution >= 4 is 60.4 Å². The van der Waals surface area contributed by atoms with Gasteiger partial charge >= 0.3 is 0 Å². The minimum absolute atomic E-state index is 0.0227. The monoisotopic (exact) mass is 597 g/mol. The van der Waals surface area contributed by atoms with Gasteiger partial charge in [-0.3, -0.25) is 14.4 Å². The molecule has 5 rings (SSSR count). The highest BCUT2D eigenvalue weighted by molar-refractivity contribution is 9.10. The Balaban J connectivity index is 1.34. The Bertz CT molecular complexity index is 1360. The van der Waals surface area contributed by atoms with Crippen LogP contribution in [0.2, 0.25) is 0 Å². The topological polar surface area (TPSA) is 62.6 Å². The molecule has 0 spiro atoms. The van der Waals surface area contributed by atoms with E-state index in [1.54, 1.807) is 4.90 Å². The number of carbonyl (C=O) groups is 3. The molecular formula is C27H25Br2N3O3. The van der Waals surface area contributed by atoms with Gasteiger partial charge in [0.2, 0.25) is 5.91 Å². The van der Waals surface area contributed by atoms with Gasteiger partial charge in [0.05, 0.1) is 12.1 Å². The Morgan fingerprint density at radius 3 is 2.51 bits per heavy atom. The van der Waals surface area contributed by atoms with Gasteiger partial charge in [-0.25, -0.2) is 0 Å². The first-order valence-electron chi connectivity index (χ1n) is 11.6. The molecule has 0 radical (unpaired) electrons. The van der Waals surface area contributed by atoms with Crippen molar-refractivity contribution in [1.29, 1.82) is 0 Å². The minimum Gasteiger partial charge on any atom is -0.339 e. The van der Waals surface area contributed by atoms with Gasteiger partial charge in [0.1, 0.15) is 0 Å². The lowest BCUT2D eigenvalue weighted by molar-refractivity contribution is -0.134. The first-order chi connectivity index (χ1) is 16.8. The van der Waals surface area contributed by atoms with Crippen LogP contribution in [0.3, 0.4) is 0 Å². The van der Waals surface area contributed by atoms with Gasteiger partial charge in [-0.05, 0) is 54.0 Å².